The summed E-state index contributed by atoms with van der Waals surface area (Å²) in [6.45, 7) is 13.4. The van der Waals surface area contributed by atoms with Crippen molar-refractivity contribution < 1.29 is 14.3 Å². The van der Waals surface area contributed by atoms with Crippen LogP contribution in [0.1, 0.15) is 79.5 Å². The van der Waals surface area contributed by atoms with Crippen molar-refractivity contribution in [2.24, 2.45) is 5.41 Å². The average molecular weight is 517 g/mol. The molecule has 0 bridgehead atoms. The van der Waals surface area contributed by atoms with Crippen LogP contribution in [0.2, 0.25) is 0 Å². The van der Waals surface area contributed by atoms with E-state index in [1.54, 1.807) is 0 Å². The Hall–Kier alpha value is -3.31. The lowest BCUT2D eigenvalue weighted by Gasteiger charge is -2.54. The highest BCUT2D eigenvalue weighted by Gasteiger charge is 2.48. The molecule has 3 aliphatic rings. The predicted molar refractivity (Wildman–Crippen MR) is 145 cm³/mol. The molecule has 1 spiro atoms. The fourth-order valence-corrected chi connectivity index (χ4v) is 7.17. The maximum atomic E-state index is 13.6. The predicted octanol–water partition coefficient (Wildman–Crippen LogP) is 5.81. The molecule has 0 unspecified atom stereocenters. The summed E-state index contributed by atoms with van der Waals surface area (Å²) in [5.74, 6) is 0.0303. The normalized spacial score (nSPS) is 19.8. The second kappa shape index (κ2) is 7.84. The molecule has 0 atom stereocenters. The van der Waals surface area contributed by atoms with Crippen LogP contribution in [0, 0.1) is 16.7 Å². The number of ether oxygens (including phenoxy) is 1. The van der Waals surface area contributed by atoms with E-state index in [4.69, 9.17) is 4.74 Å². The number of hydrogen-bond acceptors (Lipinski definition) is 6. The molecule has 1 aromatic carbocycles. The Labute approximate surface area is 221 Å². The number of carbonyl (C=O) groups is 2. The molecule has 1 aliphatic carbocycles. The summed E-state index contributed by atoms with van der Waals surface area (Å²) in [5.41, 5.74) is 4.79. The summed E-state index contributed by atoms with van der Waals surface area (Å²) >= 11 is 1.38. The summed E-state index contributed by atoms with van der Waals surface area (Å²) in [6.07, 6.45) is 1.85. The van der Waals surface area contributed by atoms with Crippen molar-refractivity contribution in [2.75, 3.05) is 31.1 Å². The Morgan fingerprint density at radius 1 is 1.16 bits per heavy atom. The molecule has 192 valence electrons. The van der Waals surface area contributed by atoms with E-state index in [1.165, 1.54) is 11.3 Å². The van der Waals surface area contributed by atoms with Crippen molar-refractivity contribution in [3.05, 3.63) is 51.5 Å². The van der Waals surface area contributed by atoms with Crippen LogP contribution < -0.4 is 4.90 Å². The number of anilines is 1. The Bertz CT molecular complexity index is 1480. The van der Waals surface area contributed by atoms with E-state index in [0.717, 1.165) is 71.7 Å². The second-order valence-electron chi connectivity index (χ2n) is 12.3. The van der Waals surface area contributed by atoms with Crippen molar-refractivity contribution in [1.82, 2.24) is 9.88 Å². The summed E-state index contributed by atoms with van der Waals surface area (Å²) in [7, 11) is 0. The van der Waals surface area contributed by atoms with E-state index in [1.807, 2.05) is 37.8 Å². The summed E-state index contributed by atoms with van der Waals surface area (Å²) in [5, 5.41) is 9.31. The number of thiophene rings is 1. The van der Waals surface area contributed by atoms with Crippen LogP contribution in [0.4, 0.5) is 10.5 Å². The number of aromatic nitrogens is 1. The van der Waals surface area contributed by atoms with E-state index in [9.17, 15) is 14.9 Å². The van der Waals surface area contributed by atoms with Gasteiger partial charge in [-0.25, -0.2) is 4.79 Å². The molecule has 2 fully saturated rings. The number of fused-ring (bicyclic) bond motifs is 4. The lowest BCUT2D eigenvalue weighted by molar-refractivity contribution is -0.0434. The molecule has 1 N–H and O–H groups in total. The monoisotopic (exact) mass is 516 g/mol. The third-order valence-electron chi connectivity index (χ3n) is 8.25. The number of ketones is 1. The average Bonchev–Trinajstić information content (AvgIpc) is 3.38. The molecule has 6 rings (SSSR count). The van der Waals surface area contributed by atoms with Gasteiger partial charge < -0.3 is 19.5 Å². The van der Waals surface area contributed by atoms with Gasteiger partial charge in [0.2, 0.25) is 0 Å². The van der Waals surface area contributed by atoms with Crippen molar-refractivity contribution in [1.29, 1.82) is 5.26 Å². The number of carbonyl (C=O) groups excluding carboxylic acids is 2. The summed E-state index contributed by atoms with van der Waals surface area (Å²) in [6, 6.07) is 10.3. The van der Waals surface area contributed by atoms with Crippen molar-refractivity contribution in [3.63, 3.8) is 0 Å². The number of rotatable bonds is 1. The number of amides is 1. The smallest absolute Gasteiger partial charge is 0.410 e. The molecule has 1 amide bonds. The van der Waals surface area contributed by atoms with Crippen LogP contribution in [-0.2, 0) is 10.2 Å². The molecule has 4 heterocycles. The van der Waals surface area contributed by atoms with Gasteiger partial charge in [0.15, 0.2) is 5.78 Å². The van der Waals surface area contributed by atoms with Gasteiger partial charge in [-0.3, -0.25) is 4.79 Å². The van der Waals surface area contributed by atoms with Gasteiger partial charge in [-0.1, -0.05) is 13.8 Å². The number of nitrogens with zero attached hydrogens (tertiary/aromatic N) is 3. The number of nitrogens with one attached hydrogen (secondary N) is 1. The van der Waals surface area contributed by atoms with Crippen LogP contribution >= 0.6 is 11.3 Å². The van der Waals surface area contributed by atoms with Gasteiger partial charge >= 0.3 is 6.09 Å². The Kier molecular flexibility index (Phi) is 5.10. The minimum atomic E-state index is -0.471. The zero-order valence-electron chi connectivity index (χ0n) is 22.0. The lowest BCUT2D eigenvalue weighted by Crippen LogP contribution is -2.62. The van der Waals surface area contributed by atoms with Crippen LogP contribution in [0.25, 0.3) is 10.2 Å². The number of aromatic amines is 1. The summed E-state index contributed by atoms with van der Waals surface area (Å²) < 4.78 is 6.41. The third-order valence-corrected chi connectivity index (χ3v) is 9.30. The van der Waals surface area contributed by atoms with Gasteiger partial charge in [0.1, 0.15) is 16.5 Å². The van der Waals surface area contributed by atoms with Crippen LogP contribution in [-0.4, -0.2) is 53.5 Å². The van der Waals surface area contributed by atoms with E-state index in [2.05, 4.69) is 41.9 Å². The number of nitriles is 1. The first-order valence-corrected chi connectivity index (χ1v) is 13.7. The minimum Gasteiger partial charge on any atom is -0.444 e. The number of piperidine rings is 1. The zero-order valence-corrected chi connectivity index (χ0v) is 22.8. The van der Waals surface area contributed by atoms with Crippen molar-refractivity contribution in [3.8, 4) is 6.07 Å². The fourth-order valence-electron chi connectivity index (χ4n) is 6.21. The molecule has 2 saturated heterocycles. The van der Waals surface area contributed by atoms with E-state index < -0.39 is 5.60 Å². The largest absolute Gasteiger partial charge is 0.444 e. The highest BCUT2D eigenvalue weighted by Crippen LogP contribution is 2.47. The minimum absolute atomic E-state index is 0.0303. The highest BCUT2D eigenvalue weighted by molar-refractivity contribution is 7.20. The van der Waals surface area contributed by atoms with Gasteiger partial charge in [-0.2, -0.15) is 5.26 Å². The fraction of sp³-hybridized carbons (Fsp3) is 0.483. The lowest BCUT2D eigenvalue weighted by atomic mass is 9.71. The zero-order chi connectivity index (χ0) is 26.3. The molecule has 3 aromatic rings. The molecule has 0 saturated carbocycles. The number of likely N-dealkylation sites (tertiary alicyclic amines) is 1. The molecule has 37 heavy (non-hydrogen) atoms. The van der Waals surface area contributed by atoms with Gasteiger partial charge in [-0.05, 0) is 63.4 Å². The Morgan fingerprint density at radius 2 is 1.86 bits per heavy atom. The van der Waals surface area contributed by atoms with Gasteiger partial charge in [-0.15, -0.1) is 11.3 Å². The maximum Gasteiger partial charge on any atom is 0.410 e. The Balaban J connectivity index is 1.20. The molecule has 2 aromatic heterocycles. The second-order valence-corrected chi connectivity index (χ2v) is 13.4. The van der Waals surface area contributed by atoms with Gasteiger partial charge in [0.25, 0.3) is 0 Å². The molecule has 8 heteroatoms. The van der Waals surface area contributed by atoms with Gasteiger partial charge in [0.05, 0.1) is 15.8 Å². The van der Waals surface area contributed by atoms with Crippen molar-refractivity contribution >= 4 is 39.1 Å². The van der Waals surface area contributed by atoms with Gasteiger partial charge in [0, 0.05) is 54.0 Å². The summed E-state index contributed by atoms with van der Waals surface area (Å²) in [4.78, 5) is 34.3. The number of benzene rings is 1. The first-order valence-electron chi connectivity index (χ1n) is 12.9. The number of hydrogen-bond donors (Lipinski definition) is 1. The van der Waals surface area contributed by atoms with Crippen LogP contribution in [0.15, 0.2) is 24.3 Å². The molecular weight excluding hydrogens is 484 g/mol. The number of H-pyrrole nitrogens is 1. The Morgan fingerprint density at radius 3 is 2.51 bits per heavy atom. The first-order chi connectivity index (χ1) is 17.4. The topological polar surface area (TPSA) is 89.4 Å². The SMILES string of the molecule is CC(C)(C)OC(=O)N1CC2(CCN(c3ccc4c(c3)C(C)(C)c3[nH]c5cc(C#N)sc5c3C4=O)CC2)C1. The molecule has 7 nitrogen and oxygen atoms in total. The van der Waals surface area contributed by atoms with E-state index in [-0.39, 0.29) is 22.7 Å². The van der Waals surface area contributed by atoms with Crippen LogP contribution in [0.3, 0.4) is 0 Å². The molecular formula is C29H32N4O3S. The third kappa shape index (κ3) is 3.74. The molecule has 2 aliphatic heterocycles. The standard InChI is InChI=1S/C29H32N4O3S/c1-27(2,3)36-26(35)33-15-29(16-33)8-10-32(11-9-29)17-6-7-19-20(12-17)28(4,5)25-22(23(19)34)24-21(31-25)13-18(14-30)37-24/h6-7,12-13,31H,8-11,15-16H2,1-5H3. The maximum absolute atomic E-state index is 13.6. The van der Waals surface area contributed by atoms with E-state index >= 15 is 0 Å². The molecule has 0 radical (unpaired) electrons. The van der Waals surface area contributed by atoms with Crippen LogP contribution in [0.5, 0.6) is 0 Å². The quantitative estimate of drug-likeness (QED) is 0.441. The van der Waals surface area contributed by atoms with Crippen molar-refractivity contribution in [2.45, 2.75) is 58.5 Å². The highest BCUT2D eigenvalue weighted by atomic mass is 32.1. The first kappa shape index (κ1) is 24.1. The van der Waals surface area contributed by atoms with E-state index in [0.29, 0.717) is 10.4 Å².